The van der Waals surface area contributed by atoms with Gasteiger partial charge in [-0.2, -0.15) is 0 Å². The Kier molecular flexibility index (Phi) is 5.44. The number of nitrogens with one attached hydrogen (secondary N) is 1. The molecule has 0 radical (unpaired) electrons. The zero-order valence-electron chi connectivity index (χ0n) is 11.3. The Bertz CT molecular complexity index is 496. The SMILES string of the molecule is CCNCC(Cc1ccccc1Cl)c1ccccc1. The van der Waals surface area contributed by atoms with Crippen LogP contribution in [0.15, 0.2) is 54.6 Å². The average Bonchev–Trinajstić information content (AvgIpc) is 2.46. The van der Waals surface area contributed by atoms with E-state index in [2.05, 4.69) is 54.7 Å². The lowest BCUT2D eigenvalue weighted by Crippen LogP contribution is -2.22. The summed E-state index contributed by atoms with van der Waals surface area (Å²) in [6.07, 6.45) is 0.969. The van der Waals surface area contributed by atoms with Crippen molar-refractivity contribution < 1.29 is 0 Å². The predicted octanol–water partition coefficient (Wildman–Crippen LogP) is 4.28. The molecule has 0 saturated heterocycles. The molecule has 0 aliphatic heterocycles. The topological polar surface area (TPSA) is 12.0 Å². The van der Waals surface area contributed by atoms with Gasteiger partial charge in [-0.3, -0.25) is 0 Å². The van der Waals surface area contributed by atoms with Crippen LogP contribution >= 0.6 is 11.6 Å². The number of hydrogen-bond acceptors (Lipinski definition) is 1. The highest BCUT2D eigenvalue weighted by Gasteiger charge is 2.13. The normalized spacial score (nSPS) is 12.3. The van der Waals surface area contributed by atoms with Gasteiger partial charge in [0.15, 0.2) is 0 Å². The maximum Gasteiger partial charge on any atom is 0.0438 e. The Morgan fingerprint density at radius 3 is 2.37 bits per heavy atom. The molecule has 1 unspecified atom stereocenters. The molecule has 19 heavy (non-hydrogen) atoms. The second kappa shape index (κ2) is 7.32. The van der Waals surface area contributed by atoms with Crippen molar-refractivity contribution in [2.75, 3.05) is 13.1 Å². The lowest BCUT2D eigenvalue weighted by molar-refractivity contribution is 0.595. The van der Waals surface area contributed by atoms with Gasteiger partial charge in [0.2, 0.25) is 0 Å². The van der Waals surface area contributed by atoms with Crippen LogP contribution in [0, 0.1) is 0 Å². The second-order valence-electron chi connectivity index (χ2n) is 4.71. The van der Waals surface area contributed by atoms with E-state index in [0.717, 1.165) is 24.5 Å². The first-order chi connectivity index (χ1) is 9.31. The van der Waals surface area contributed by atoms with Gasteiger partial charge in [0, 0.05) is 17.5 Å². The minimum absolute atomic E-state index is 0.459. The summed E-state index contributed by atoms with van der Waals surface area (Å²) >= 11 is 6.27. The van der Waals surface area contributed by atoms with E-state index >= 15 is 0 Å². The fourth-order valence-corrected chi connectivity index (χ4v) is 2.49. The number of halogens is 1. The molecule has 0 aliphatic rings. The Morgan fingerprint density at radius 1 is 1.00 bits per heavy atom. The van der Waals surface area contributed by atoms with Crippen LogP contribution in [0.25, 0.3) is 0 Å². The standard InChI is InChI=1S/C17H20ClN/c1-2-19-13-16(14-8-4-3-5-9-14)12-15-10-6-7-11-17(15)18/h3-11,16,19H,2,12-13H2,1H3. The molecular formula is C17H20ClN. The highest BCUT2D eigenvalue weighted by atomic mass is 35.5. The summed E-state index contributed by atoms with van der Waals surface area (Å²) in [7, 11) is 0. The molecule has 0 aromatic heterocycles. The number of likely N-dealkylation sites (N-methyl/N-ethyl adjacent to an activating group) is 1. The first kappa shape index (κ1) is 14.1. The summed E-state index contributed by atoms with van der Waals surface area (Å²) in [6, 6.07) is 18.8. The van der Waals surface area contributed by atoms with Crippen molar-refractivity contribution in [3.63, 3.8) is 0 Å². The third kappa shape index (κ3) is 4.09. The van der Waals surface area contributed by atoms with Gasteiger partial charge in [-0.05, 0) is 30.2 Å². The van der Waals surface area contributed by atoms with Gasteiger partial charge in [0.25, 0.3) is 0 Å². The van der Waals surface area contributed by atoms with Gasteiger partial charge >= 0.3 is 0 Å². The highest BCUT2D eigenvalue weighted by molar-refractivity contribution is 6.31. The Hall–Kier alpha value is -1.31. The molecule has 1 nitrogen and oxygen atoms in total. The molecule has 2 aromatic rings. The lowest BCUT2D eigenvalue weighted by Gasteiger charge is -2.18. The molecule has 2 heteroatoms. The highest BCUT2D eigenvalue weighted by Crippen LogP contribution is 2.24. The first-order valence-corrected chi connectivity index (χ1v) is 7.18. The first-order valence-electron chi connectivity index (χ1n) is 6.80. The molecule has 100 valence electrons. The third-order valence-corrected chi connectivity index (χ3v) is 3.70. The van der Waals surface area contributed by atoms with E-state index in [1.165, 1.54) is 11.1 Å². The Labute approximate surface area is 120 Å². The molecule has 0 amide bonds. The molecule has 0 aliphatic carbocycles. The summed E-state index contributed by atoms with van der Waals surface area (Å²) in [5, 5.41) is 4.30. The van der Waals surface area contributed by atoms with Crippen LogP contribution in [-0.2, 0) is 6.42 Å². The van der Waals surface area contributed by atoms with Crippen LogP contribution in [0.2, 0.25) is 5.02 Å². The largest absolute Gasteiger partial charge is 0.316 e. The molecule has 1 N–H and O–H groups in total. The van der Waals surface area contributed by atoms with Crippen molar-refractivity contribution in [2.24, 2.45) is 0 Å². The van der Waals surface area contributed by atoms with Crippen molar-refractivity contribution in [2.45, 2.75) is 19.3 Å². The van der Waals surface area contributed by atoms with E-state index < -0.39 is 0 Å². The van der Waals surface area contributed by atoms with Crippen molar-refractivity contribution in [1.29, 1.82) is 0 Å². The zero-order valence-corrected chi connectivity index (χ0v) is 12.0. The van der Waals surface area contributed by atoms with Crippen LogP contribution in [-0.4, -0.2) is 13.1 Å². The summed E-state index contributed by atoms with van der Waals surface area (Å²) in [4.78, 5) is 0. The predicted molar refractivity (Wildman–Crippen MR) is 82.9 cm³/mol. The zero-order chi connectivity index (χ0) is 13.5. The minimum Gasteiger partial charge on any atom is -0.316 e. The van der Waals surface area contributed by atoms with Crippen molar-refractivity contribution in [3.8, 4) is 0 Å². The van der Waals surface area contributed by atoms with E-state index in [1.54, 1.807) is 0 Å². The second-order valence-corrected chi connectivity index (χ2v) is 5.12. The fourth-order valence-electron chi connectivity index (χ4n) is 2.28. The number of rotatable bonds is 6. The molecule has 0 bridgehead atoms. The van der Waals surface area contributed by atoms with Crippen molar-refractivity contribution in [3.05, 3.63) is 70.7 Å². The quantitative estimate of drug-likeness (QED) is 0.829. The van der Waals surface area contributed by atoms with E-state index in [0.29, 0.717) is 5.92 Å². The maximum atomic E-state index is 6.27. The van der Waals surface area contributed by atoms with E-state index in [-0.39, 0.29) is 0 Å². The smallest absolute Gasteiger partial charge is 0.0438 e. The van der Waals surface area contributed by atoms with Gasteiger partial charge in [0.1, 0.15) is 0 Å². The average molecular weight is 274 g/mol. The molecule has 0 saturated carbocycles. The Morgan fingerprint density at radius 2 is 1.68 bits per heavy atom. The van der Waals surface area contributed by atoms with Crippen LogP contribution in [0.1, 0.15) is 24.0 Å². The van der Waals surface area contributed by atoms with Gasteiger partial charge in [0.05, 0.1) is 0 Å². The van der Waals surface area contributed by atoms with E-state index in [4.69, 9.17) is 11.6 Å². The van der Waals surface area contributed by atoms with E-state index in [1.807, 2.05) is 12.1 Å². The summed E-state index contributed by atoms with van der Waals surface area (Å²) in [5.74, 6) is 0.459. The molecule has 0 heterocycles. The van der Waals surface area contributed by atoms with Gasteiger partial charge in [-0.1, -0.05) is 67.1 Å². The summed E-state index contributed by atoms with van der Waals surface area (Å²) in [6.45, 7) is 4.11. The van der Waals surface area contributed by atoms with Gasteiger partial charge in [-0.25, -0.2) is 0 Å². The van der Waals surface area contributed by atoms with Crippen LogP contribution in [0.5, 0.6) is 0 Å². The van der Waals surface area contributed by atoms with Crippen LogP contribution in [0.3, 0.4) is 0 Å². The monoisotopic (exact) mass is 273 g/mol. The fraction of sp³-hybridized carbons (Fsp3) is 0.294. The van der Waals surface area contributed by atoms with Crippen LogP contribution in [0.4, 0.5) is 0 Å². The number of benzene rings is 2. The van der Waals surface area contributed by atoms with E-state index in [9.17, 15) is 0 Å². The minimum atomic E-state index is 0.459. The van der Waals surface area contributed by atoms with Gasteiger partial charge in [-0.15, -0.1) is 0 Å². The van der Waals surface area contributed by atoms with Gasteiger partial charge < -0.3 is 5.32 Å². The molecular weight excluding hydrogens is 254 g/mol. The van der Waals surface area contributed by atoms with Crippen LogP contribution < -0.4 is 5.32 Å². The van der Waals surface area contributed by atoms with Crippen molar-refractivity contribution >= 4 is 11.6 Å². The van der Waals surface area contributed by atoms with Crippen molar-refractivity contribution in [1.82, 2.24) is 5.32 Å². The molecule has 2 rings (SSSR count). The maximum absolute atomic E-state index is 6.27. The Balaban J connectivity index is 2.17. The molecule has 0 fully saturated rings. The molecule has 2 aromatic carbocycles. The molecule has 1 atom stereocenters. The number of hydrogen-bond donors (Lipinski definition) is 1. The third-order valence-electron chi connectivity index (χ3n) is 3.34. The molecule has 0 spiro atoms. The summed E-state index contributed by atoms with van der Waals surface area (Å²) in [5.41, 5.74) is 2.58. The summed E-state index contributed by atoms with van der Waals surface area (Å²) < 4.78 is 0. The lowest BCUT2D eigenvalue weighted by atomic mass is 9.92.